The van der Waals surface area contributed by atoms with Crippen molar-refractivity contribution in [2.24, 2.45) is 0 Å². The second-order valence-electron chi connectivity index (χ2n) is 4.83. The predicted molar refractivity (Wildman–Crippen MR) is 79.3 cm³/mol. The summed E-state index contributed by atoms with van der Waals surface area (Å²) in [6.45, 7) is 0.186. The van der Waals surface area contributed by atoms with Crippen molar-refractivity contribution in [1.82, 2.24) is 29.9 Å². The first kappa shape index (κ1) is 12.8. The van der Waals surface area contributed by atoms with Crippen LogP contribution in [0.2, 0.25) is 0 Å². The fourth-order valence-electron chi connectivity index (χ4n) is 2.30. The summed E-state index contributed by atoms with van der Waals surface area (Å²) in [5.41, 5.74) is 2.13. The van der Waals surface area contributed by atoms with Gasteiger partial charge in [-0.15, -0.1) is 5.10 Å². The van der Waals surface area contributed by atoms with Crippen molar-refractivity contribution < 1.29 is 4.39 Å². The fourth-order valence-corrected chi connectivity index (χ4v) is 2.30. The molecule has 2 radical (unpaired) electrons. The van der Waals surface area contributed by atoms with Gasteiger partial charge >= 0.3 is 0 Å². The summed E-state index contributed by atoms with van der Waals surface area (Å²) in [7, 11) is 5.62. The molecule has 4 rings (SSSR count). The van der Waals surface area contributed by atoms with Crippen molar-refractivity contribution in [3.05, 3.63) is 48.0 Å². The summed E-state index contributed by atoms with van der Waals surface area (Å²) in [4.78, 5) is 12.3. The Kier molecular flexibility index (Phi) is 2.82. The molecule has 0 atom stereocenters. The lowest BCUT2D eigenvalue weighted by atomic mass is 10.1. The number of rotatable bonds is 2. The van der Waals surface area contributed by atoms with E-state index in [0.29, 0.717) is 22.4 Å². The number of nitrogens with zero attached hydrogens (tertiary/aromatic N) is 6. The normalized spacial score (nSPS) is 11.3. The van der Waals surface area contributed by atoms with Crippen LogP contribution in [0.15, 0.2) is 36.7 Å². The lowest BCUT2D eigenvalue weighted by molar-refractivity contribution is 0.583. The number of benzene rings is 1. The second kappa shape index (κ2) is 4.83. The molecule has 0 aliphatic carbocycles. The molecule has 22 heavy (non-hydrogen) atoms. The van der Waals surface area contributed by atoms with Crippen molar-refractivity contribution in [2.75, 3.05) is 0 Å². The molecular weight excluding hydrogens is 282 g/mol. The molecule has 0 unspecified atom stereocenters. The van der Waals surface area contributed by atoms with E-state index < -0.39 is 0 Å². The highest BCUT2D eigenvalue weighted by atomic mass is 19.1. The maximum absolute atomic E-state index is 14.2. The van der Waals surface area contributed by atoms with E-state index in [1.54, 1.807) is 18.3 Å². The van der Waals surface area contributed by atoms with Gasteiger partial charge < -0.3 is 0 Å². The number of hydrogen-bond acceptors (Lipinski definition) is 5. The Balaban J connectivity index is 1.82. The lowest BCUT2D eigenvalue weighted by Crippen LogP contribution is -2.12. The van der Waals surface area contributed by atoms with Crippen molar-refractivity contribution in [3.8, 4) is 0 Å². The third-order valence-electron chi connectivity index (χ3n) is 3.34. The molecule has 0 fully saturated rings. The van der Waals surface area contributed by atoms with Crippen LogP contribution in [-0.2, 0) is 6.54 Å². The van der Waals surface area contributed by atoms with E-state index in [0.717, 1.165) is 5.39 Å². The summed E-state index contributed by atoms with van der Waals surface area (Å²) in [5.74, 6) is -0.355. The van der Waals surface area contributed by atoms with Gasteiger partial charge in [0.25, 0.3) is 0 Å². The number of halogens is 1. The van der Waals surface area contributed by atoms with E-state index in [1.165, 1.54) is 16.9 Å². The largest absolute Gasteiger partial charge is 0.256 e. The molecule has 3 aromatic heterocycles. The van der Waals surface area contributed by atoms with Crippen LogP contribution < -0.4 is 5.59 Å². The third-order valence-corrected chi connectivity index (χ3v) is 3.34. The molecule has 0 aliphatic rings. The lowest BCUT2D eigenvalue weighted by Gasteiger charge is -2.06. The first-order valence-corrected chi connectivity index (χ1v) is 6.55. The zero-order valence-corrected chi connectivity index (χ0v) is 11.3. The maximum Gasteiger partial charge on any atom is 0.221 e. The highest BCUT2D eigenvalue weighted by Crippen LogP contribution is 2.18. The predicted octanol–water partition coefficient (Wildman–Crippen LogP) is 0.751. The van der Waals surface area contributed by atoms with Crippen LogP contribution in [0.1, 0.15) is 5.56 Å². The molecule has 0 bridgehead atoms. The van der Waals surface area contributed by atoms with E-state index in [9.17, 15) is 4.39 Å². The van der Waals surface area contributed by atoms with Gasteiger partial charge in [0.2, 0.25) is 5.65 Å². The van der Waals surface area contributed by atoms with Gasteiger partial charge in [-0.25, -0.2) is 19.0 Å². The average Bonchev–Trinajstić information content (AvgIpc) is 2.90. The molecular formula is C14H8BFN6. The van der Waals surface area contributed by atoms with Gasteiger partial charge in [0.1, 0.15) is 13.7 Å². The van der Waals surface area contributed by atoms with E-state index in [4.69, 9.17) is 7.85 Å². The minimum atomic E-state index is -0.355. The van der Waals surface area contributed by atoms with Crippen LogP contribution in [-0.4, -0.2) is 37.8 Å². The summed E-state index contributed by atoms with van der Waals surface area (Å²) in [5, 5.41) is 8.71. The molecule has 0 amide bonds. The number of pyridine rings is 1. The van der Waals surface area contributed by atoms with Crippen LogP contribution in [0.3, 0.4) is 0 Å². The molecule has 8 heteroatoms. The highest BCUT2D eigenvalue weighted by molar-refractivity contribution is 6.30. The summed E-state index contributed by atoms with van der Waals surface area (Å²) < 4.78 is 15.7. The van der Waals surface area contributed by atoms with Crippen molar-refractivity contribution in [2.45, 2.75) is 6.54 Å². The SMILES string of the molecule is [B]c1cnc2nnn(Cc3cc4cccnc4cc3F)c2n1. The summed E-state index contributed by atoms with van der Waals surface area (Å²) in [6.07, 6.45) is 3.04. The van der Waals surface area contributed by atoms with E-state index >= 15 is 0 Å². The molecule has 1 aromatic carbocycles. The number of hydrogen-bond donors (Lipinski definition) is 0. The van der Waals surface area contributed by atoms with Crippen LogP contribution in [0.25, 0.3) is 22.2 Å². The Bertz CT molecular complexity index is 999. The topological polar surface area (TPSA) is 69.4 Å². The smallest absolute Gasteiger partial charge is 0.221 e. The van der Waals surface area contributed by atoms with Gasteiger partial charge in [-0.2, -0.15) is 0 Å². The summed E-state index contributed by atoms with van der Waals surface area (Å²) in [6, 6.07) is 6.83. The highest BCUT2D eigenvalue weighted by Gasteiger charge is 2.11. The van der Waals surface area contributed by atoms with E-state index in [2.05, 4.69) is 25.3 Å². The van der Waals surface area contributed by atoms with Crippen molar-refractivity contribution >= 4 is 35.6 Å². The molecule has 104 valence electrons. The van der Waals surface area contributed by atoms with Gasteiger partial charge in [0.15, 0.2) is 5.65 Å². The molecule has 6 nitrogen and oxygen atoms in total. The minimum absolute atomic E-state index is 0.186. The van der Waals surface area contributed by atoms with Gasteiger partial charge in [0.05, 0.1) is 12.1 Å². The Morgan fingerprint density at radius 1 is 1.23 bits per heavy atom. The standard InChI is InChI=1S/C14H8BFN6/c15-12-6-18-13-14(19-12)22(21-20-13)7-9-4-8-2-1-3-17-11(8)5-10(9)16/h1-6H,7H2. The molecule has 0 saturated heterocycles. The molecule has 0 aliphatic heterocycles. The monoisotopic (exact) mass is 290 g/mol. The Morgan fingerprint density at radius 2 is 2.14 bits per heavy atom. The van der Waals surface area contributed by atoms with Crippen molar-refractivity contribution in [1.29, 1.82) is 0 Å². The second-order valence-corrected chi connectivity index (χ2v) is 4.83. The molecule has 3 heterocycles. The van der Waals surface area contributed by atoms with Crippen molar-refractivity contribution in [3.63, 3.8) is 0 Å². The third kappa shape index (κ3) is 2.09. The molecule has 4 aromatic rings. The van der Waals surface area contributed by atoms with Crippen LogP contribution >= 0.6 is 0 Å². The quantitative estimate of drug-likeness (QED) is 0.510. The zero-order valence-electron chi connectivity index (χ0n) is 11.3. The molecule has 0 N–H and O–H groups in total. The fraction of sp³-hybridized carbons (Fsp3) is 0.0714. The van der Waals surface area contributed by atoms with Gasteiger partial charge in [0, 0.05) is 35.0 Å². The first-order valence-electron chi connectivity index (χ1n) is 6.55. The Hall–Kier alpha value is -2.90. The average molecular weight is 290 g/mol. The van der Waals surface area contributed by atoms with Crippen LogP contribution in [0, 0.1) is 5.82 Å². The van der Waals surface area contributed by atoms with Crippen LogP contribution in [0.5, 0.6) is 0 Å². The molecule has 0 saturated carbocycles. The maximum atomic E-state index is 14.2. The van der Waals surface area contributed by atoms with Gasteiger partial charge in [-0.05, 0) is 12.1 Å². The minimum Gasteiger partial charge on any atom is -0.256 e. The number of fused-ring (bicyclic) bond motifs is 2. The first-order chi connectivity index (χ1) is 10.7. The van der Waals surface area contributed by atoms with E-state index in [-0.39, 0.29) is 18.0 Å². The summed E-state index contributed by atoms with van der Waals surface area (Å²) >= 11 is 0. The Labute approximate surface area is 125 Å². The molecule has 0 spiro atoms. The van der Waals surface area contributed by atoms with Gasteiger partial charge in [-0.3, -0.25) is 4.98 Å². The van der Waals surface area contributed by atoms with Gasteiger partial charge in [-0.1, -0.05) is 11.3 Å². The van der Waals surface area contributed by atoms with Crippen LogP contribution in [0.4, 0.5) is 4.39 Å². The zero-order chi connectivity index (χ0) is 15.1. The Morgan fingerprint density at radius 3 is 3.05 bits per heavy atom. The van der Waals surface area contributed by atoms with E-state index in [1.807, 2.05) is 6.07 Å². The number of aromatic nitrogens is 6.